The lowest BCUT2D eigenvalue weighted by Gasteiger charge is -2.12. The highest BCUT2D eigenvalue weighted by Crippen LogP contribution is 2.38. The van der Waals surface area contributed by atoms with Gasteiger partial charge in [-0.15, -0.1) is 0 Å². The smallest absolute Gasteiger partial charge is 0.180 e. The molecule has 34 heavy (non-hydrogen) atoms. The number of nitrogens with one attached hydrogen (secondary N) is 2. The Bertz CT molecular complexity index is 1340. The molecule has 2 aromatic heterocycles. The summed E-state index contributed by atoms with van der Waals surface area (Å²) in [7, 11) is 0. The molecule has 6 heteroatoms. The van der Waals surface area contributed by atoms with Gasteiger partial charge in [0.25, 0.3) is 0 Å². The van der Waals surface area contributed by atoms with E-state index in [0.29, 0.717) is 12.0 Å². The Morgan fingerprint density at radius 3 is 2.56 bits per heavy atom. The number of fused-ring (bicyclic) bond motifs is 1. The van der Waals surface area contributed by atoms with E-state index in [1.54, 1.807) is 12.1 Å². The minimum Gasteiger partial charge on any atom is -0.367 e. The number of imidazole rings is 1. The number of aromatic nitrogens is 3. The largest absolute Gasteiger partial charge is 0.367 e. The maximum atomic E-state index is 13.5. The number of hydrogen-bond donors (Lipinski definition) is 2. The molecule has 2 saturated carbocycles. The first-order valence-electron chi connectivity index (χ1n) is 12.3. The van der Waals surface area contributed by atoms with Crippen molar-refractivity contribution in [3.63, 3.8) is 0 Å². The van der Waals surface area contributed by atoms with Crippen molar-refractivity contribution in [1.82, 2.24) is 19.7 Å². The van der Waals surface area contributed by atoms with Gasteiger partial charge in [0.1, 0.15) is 5.82 Å². The van der Waals surface area contributed by atoms with Crippen molar-refractivity contribution in [2.45, 2.75) is 45.7 Å². The first-order valence-corrected chi connectivity index (χ1v) is 12.3. The lowest BCUT2D eigenvalue weighted by atomic mass is 10.0. The molecule has 4 aromatic rings. The number of nitrogens with zero attached hydrogens (tertiary/aromatic N) is 3. The molecule has 174 valence electrons. The Morgan fingerprint density at radius 1 is 1.09 bits per heavy atom. The van der Waals surface area contributed by atoms with Gasteiger partial charge in [-0.2, -0.15) is 0 Å². The monoisotopic (exact) mass is 455 g/mol. The molecule has 2 aromatic carbocycles. The molecule has 2 atom stereocenters. The highest BCUT2D eigenvalue weighted by Gasteiger charge is 2.32. The van der Waals surface area contributed by atoms with Gasteiger partial charge < -0.3 is 10.6 Å². The summed E-state index contributed by atoms with van der Waals surface area (Å²) < 4.78 is 15.7. The van der Waals surface area contributed by atoms with Crippen molar-refractivity contribution in [1.29, 1.82) is 0 Å². The van der Waals surface area contributed by atoms with E-state index in [1.807, 2.05) is 12.4 Å². The Hall–Kier alpha value is -3.25. The third-order valence-corrected chi connectivity index (χ3v) is 7.24. The van der Waals surface area contributed by atoms with E-state index in [1.165, 1.54) is 42.5 Å². The van der Waals surface area contributed by atoms with Crippen LogP contribution in [0.15, 0.2) is 54.9 Å². The van der Waals surface area contributed by atoms with Gasteiger partial charge in [0, 0.05) is 36.5 Å². The zero-order valence-corrected chi connectivity index (χ0v) is 19.7. The quantitative estimate of drug-likeness (QED) is 0.351. The van der Waals surface area contributed by atoms with Crippen molar-refractivity contribution in [3.8, 4) is 22.5 Å². The molecule has 2 unspecified atom stereocenters. The van der Waals surface area contributed by atoms with Gasteiger partial charge in [-0.1, -0.05) is 19.1 Å². The second kappa shape index (κ2) is 8.51. The van der Waals surface area contributed by atoms with Gasteiger partial charge in [0.05, 0.1) is 17.6 Å². The summed E-state index contributed by atoms with van der Waals surface area (Å²) in [5, 5.41) is 7.15. The van der Waals surface area contributed by atoms with Gasteiger partial charge >= 0.3 is 0 Å². The predicted molar refractivity (Wildman–Crippen MR) is 134 cm³/mol. The summed E-state index contributed by atoms with van der Waals surface area (Å²) in [6.45, 7) is 6.26. The van der Waals surface area contributed by atoms with Crippen molar-refractivity contribution in [2.24, 2.45) is 11.8 Å². The van der Waals surface area contributed by atoms with Crippen molar-refractivity contribution in [3.05, 3.63) is 71.8 Å². The molecule has 6 rings (SSSR count). The van der Waals surface area contributed by atoms with Crippen LogP contribution in [0, 0.1) is 24.6 Å². The van der Waals surface area contributed by atoms with E-state index >= 15 is 0 Å². The highest BCUT2D eigenvalue weighted by molar-refractivity contribution is 5.74. The van der Waals surface area contributed by atoms with Gasteiger partial charge in [-0.3, -0.25) is 4.40 Å². The molecule has 0 amide bonds. The maximum absolute atomic E-state index is 13.5. The lowest BCUT2D eigenvalue weighted by Crippen LogP contribution is -2.15. The van der Waals surface area contributed by atoms with Crippen LogP contribution in [0.3, 0.4) is 0 Å². The van der Waals surface area contributed by atoms with Crippen LogP contribution in [0.5, 0.6) is 0 Å². The number of aryl methyl sites for hydroxylation is 1. The van der Waals surface area contributed by atoms with Crippen LogP contribution in [0.2, 0.25) is 0 Å². The number of hydrogen-bond acceptors (Lipinski definition) is 4. The van der Waals surface area contributed by atoms with Crippen molar-refractivity contribution >= 4 is 11.5 Å². The topological polar surface area (TPSA) is 54.2 Å². The fraction of sp³-hybridized carbons (Fsp3) is 0.357. The fourth-order valence-corrected chi connectivity index (χ4v) is 4.59. The van der Waals surface area contributed by atoms with E-state index in [9.17, 15) is 4.39 Å². The van der Waals surface area contributed by atoms with Gasteiger partial charge in [0.15, 0.2) is 11.5 Å². The molecule has 2 heterocycles. The Labute approximate surface area is 199 Å². The first kappa shape index (κ1) is 21.3. The molecule has 0 saturated heterocycles. The first-order chi connectivity index (χ1) is 16.5. The van der Waals surface area contributed by atoms with Crippen molar-refractivity contribution in [2.75, 3.05) is 11.9 Å². The third-order valence-electron chi connectivity index (χ3n) is 7.24. The van der Waals surface area contributed by atoms with Gasteiger partial charge in [0.2, 0.25) is 0 Å². The Morgan fingerprint density at radius 2 is 1.85 bits per heavy atom. The average Bonchev–Trinajstić information content (AvgIpc) is 3.75. The second-order valence-corrected chi connectivity index (χ2v) is 9.97. The normalized spacial score (nSPS) is 19.5. The van der Waals surface area contributed by atoms with Crippen LogP contribution >= 0.6 is 0 Å². The van der Waals surface area contributed by atoms with E-state index in [4.69, 9.17) is 9.97 Å². The molecule has 0 bridgehead atoms. The number of benzene rings is 2. The summed E-state index contributed by atoms with van der Waals surface area (Å²) in [6.07, 6.45) is 7.77. The Balaban J connectivity index is 1.39. The van der Waals surface area contributed by atoms with E-state index < -0.39 is 0 Å². The summed E-state index contributed by atoms with van der Waals surface area (Å²) in [5.41, 5.74) is 7.23. The van der Waals surface area contributed by atoms with Crippen LogP contribution in [-0.2, 0) is 6.54 Å². The summed E-state index contributed by atoms with van der Waals surface area (Å²) in [5.74, 6) is 1.97. The molecular weight excluding hydrogens is 425 g/mol. The summed E-state index contributed by atoms with van der Waals surface area (Å²) >= 11 is 0. The van der Waals surface area contributed by atoms with Crippen LogP contribution in [0.4, 0.5) is 10.2 Å². The molecule has 5 nitrogen and oxygen atoms in total. The van der Waals surface area contributed by atoms with Gasteiger partial charge in [-0.25, -0.2) is 14.4 Å². The standard InChI is InChI=1S/C28H30FN5/c1-17-11-20(3-4-21(17)13-30-24-9-10-24)26-15-32-28-27(31-14-22-12-18(22)2)33-25(16-34(26)28)19-5-7-23(29)8-6-19/h3-8,11,15-16,18,22,24,30H,9-10,12-14H2,1-2H3,(H,31,33). The SMILES string of the molecule is Cc1cc(-c2cnc3c(NCC4CC4C)nc(-c4ccc(F)cc4)cn23)ccc1CNC1CC1. The summed E-state index contributed by atoms with van der Waals surface area (Å²) in [6, 6.07) is 13.8. The second-order valence-electron chi connectivity index (χ2n) is 9.97. The molecule has 2 aliphatic carbocycles. The van der Waals surface area contributed by atoms with E-state index in [2.05, 4.69) is 47.1 Å². The molecule has 2 fully saturated rings. The minimum absolute atomic E-state index is 0.249. The van der Waals surface area contributed by atoms with E-state index in [0.717, 1.165) is 53.0 Å². The number of anilines is 1. The maximum Gasteiger partial charge on any atom is 0.180 e. The molecule has 0 spiro atoms. The van der Waals surface area contributed by atoms with Crippen LogP contribution < -0.4 is 10.6 Å². The molecule has 0 radical (unpaired) electrons. The number of halogens is 1. The minimum atomic E-state index is -0.249. The fourth-order valence-electron chi connectivity index (χ4n) is 4.59. The molecule has 2 N–H and O–H groups in total. The molecular formula is C28H30FN5. The average molecular weight is 456 g/mol. The zero-order chi connectivity index (χ0) is 23.2. The van der Waals surface area contributed by atoms with Crippen LogP contribution in [-0.4, -0.2) is 27.0 Å². The Kier molecular flexibility index (Phi) is 5.33. The predicted octanol–water partition coefficient (Wildman–Crippen LogP) is 5.83. The van der Waals surface area contributed by atoms with Gasteiger partial charge in [-0.05, 0) is 79.5 Å². The van der Waals surface area contributed by atoms with Crippen LogP contribution in [0.25, 0.3) is 28.2 Å². The zero-order valence-electron chi connectivity index (χ0n) is 19.7. The molecule has 2 aliphatic rings. The van der Waals surface area contributed by atoms with Crippen molar-refractivity contribution < 1.29 is 4.39 Å². The van der Waals surface area contributed by atoms with Crippen LogP contribution in [0.1, 0.15) is 37.3 Å². The highest BCUT2D eigenvalue weighted by atomic mass is 19.1. The number of rotatable bonds is 8. The summed E-state index contributed by atoms with van der Waals surface area (Å²) in [4.78, 5) is 9.63. The third kappa shape index (κ3) is 4.30. The molecule has 0 aliphatic heterocycles. The van der Waals surface area contributed by atoms with E-state index in [-0.39, 0.29) is 5.82 Å². The lowest BCUT2D eigenvalue weighted by molar-refractivity contribution is 0.628.